The molecule has 1 amide bonds. The number of H-pyrrole nitrogens is 1. The third kappa shape index (κ3) is 3.42. The SMILES string of the molecule is Cc1nc(CC(=O)N/N=C/c2c[nH]c3ccc(Br)cc23)cs1. The molecule has 2 aromatic heterocycles. The summed E-state index contributed by atoms with van der Waals surface area (Å²) in [4.78, 5) is 19.2. The second-order valence-electron chi connectivity index (χ2n) is 4.76. The summed E-state index contributed by atoms with van der Waals surface area (Å²) in [6.45, 7) is 1.92. The predicted molar refractivity (Wildman–Crippen MR) is 92.3 cm³/mol. The van der Waals surface area contributed by atoms with Crippen LogP contribution in [0.3, 0.4) is 0 Å². The summed E-state index contributed by atoms with van der Waals surface area (Å²) in [7, 11) is 0. The zero-order valence-electron chi connectivity index (χ0n) is 11.8. The first-order valence-electron chi connectivity index (χ1n) is 6.61. The molecule has 0 atom stereocenters. The maximum Gasteiger partial charge on any atom is 0.246 e. The lowest BCUT2D eigenvalue weighted by atomic mass is 10.2. The standard InChI is InChI=1S/C15H13BrN4OS/c1-9-19-12(8-22-9)5-15(21)20-18-7-10-6-17-14-3-2-11(16)4-13(10)14/h2-4,6-8,17H,5H2,1H3,(H,20,21)/b18-7+. The van der Waals surface area contributed by atoms with Crippen molar-refractivity contribution in [3.63, 3.8) is 0 Å². The molecule has 22 heavy (non-hydrogen) atoms. The van der Waals surface area contributed by atoms with Gasteiger partial charge in [0.15, 0.2) is 0 Å². The van der Waals surface area contributed by atoms with E-state index in [9.17, 15) is 4.79 Å². The van der Waals surface area contributed by atoms with Gasteiger partial charge in [-0.2, -0.15) is 5.10 Å². The Morgan fingerprint density at radius 1 is 1.55 bits per heavy atom. The number of fused-ring (bicyclic) bond motifs is 1. The van der Waals surface area contributed by atoms with Gasteiger partial charge in [0.25, 0.3) is 0 Å². The second kappa shape index (κ2) is 6.41. The van der Waals surface area contributed by atoms with Crippen molar-refractivity contribution in [2.75, 3.05) is 0 Å². The Hall–Kier alpha value is -1.99. The molecule has 2 heterocycles. The molecular formula is C15H13BrN4OS. The van der Waals surface area contributed by atoms with Crippen molar-refractivity contribution in [3.8, 4) is 0 Å². The zero-order chi connectivity index (χ0) is 15.5. The number of benzene rings is 1. The number of aromatic nitrogens is 2. The molecule has 0 unspecified atom stereocenters. The van der Waals surface area contributed by atoms with Gasteiger partial charge < -0.3 is 4.98 Å². The monoisotopic (exact) mass is 376 g/mol. The van der Waals surface area contributed by atoms with Crippen LogP contribution in [0, 0.1) is 6.92 Å². The minimum atomic E-state index is -0.178. The minimum Gasteiger partial charge on any atom is -0.361 e. The molecule has 0 saturated heterocycles. The van der Waals surface area contributed by atoms with Gasteiger partial charge in [-0.25, -0.2) is 10.4 Å². The molecule has 112 valence electrons. The minimum absolute atomic E-state index is 0.178. The van der Waals surface area contributed by atoms with Crippen molar-refractivity contribution in [1.82, 2.24) is 15.4 Å². The number of halogens is 1. The molecule has 0 bridgehead atoms. The molecule has 0 aliphatic carbocycles. The van der Waals surface area contributed by atoms with Crippen LogP contribution >= 0.6 is 27.3 Å². The fourth-order valence-electron chi connectivity index (χ4n) is 2.09. The Kier molecular flexibility index (Phi) is 4.35. The Balaban J connectivity index is 1.65. The molecule has 7 heteroatoms. The first kappa shape index (κ1) is 14.9. The normalized spacial score (nSPS) is 11.4. The number of rotatable bonds is 4. The smallest absolute Gasteiger partial charge is 0.246 e. The number of nitrogens with zero attached hydrogens (tertiary/aromatic N) is 2. The molecule has 0 aliphatic heterocycles. The van der Waals surface area contributed by atoms with E-state index in [2.05, 4.69) is 36.4 Å². The van der Waals surface area contributed by atoms with Crippen LogP contribution in [-0.2, 0) is 11.2 Å². The highest BCUT2D eigenvalue weighted by atomic mass is 79.9. The highest BCUT2D eigenvalue weighted by molar-refractivity contribution is 9.10. The van der Waals surface area contributed by atoms with Crippen molar-refractivity contribution < 1.29 is 4.79 Å². The summed E-state index contributed by atoms with van der Waals surface area (Å²) in [6.07, 6.45) is 3.73. The summed E-state index contributed by atoms with van der Waals surface area (Å²) < 4.78 is 0.997. The average Bonchev–Trinajstić information content (AvgIpc) is 3.05. The first-order valence-corrected chi connectivity index (χ1v) is 8.28. The van der Waals surface area contributed by atoms with Crippen LogP contribution < -0.4 is 5.43 Å². The Morgan fingerprint density at radius 3 is 3.18 bits per heavy atom. The number of thiazole rings is 1. The molecule has 0 spiro atoms. The van der Waals surface area contributed by atoms with Gasteiger partial charge >= 0.3 is 0 Å². The highest BCUT2D eigenvalue weighted by Gasteiger charge is 2.06. The summed E-state index contributed by atoms with van der Waals surface area (Å²) in [6, 6.07) is 5.96. The Morgan fingerprint density at radius 2 is 2.41 bits per heavy atom. The highest BCUT2D eigenvalue weighted by Crippen LogP contribution is 2.21. The number of aryl methyl sites for hydroxylation is 1. The molecular weight excluding hydrogens is 364 g/mol. The second-order valence-corrected chi connectivity index (χ2v) is 6.74. The number of carbonyl (C=O) groups is 1. The molecule has 3 rings (SSSR count). The molecule has 0 radical (unpaired) electrons. The molecule has 0 aliphatic rings. The third-order valence-electron chi connectivity index (χ3n) is 3.08. The number of carbonyl (C=O) groups excluding carboxylic acids is 1. The van der Waals surface area contributed by atoms with Gasteiger partial charge in [-0.1, -0.05) is 15.9 Å². The quantitative estimate of drug-likeness (QED) is 0.541. The molecule has 0 saturated carbocycles. The zero-order valence-corrected chi connectivity index (χ0v) is 14.2. The van der Waals surface area contributed by atoms with Gasteiger partial charge in [-0.3, -0.25) is 4.79 Å². The van der Waals surface area contributed by atoms with Gasteiger partial charge in [-0.15, -0.1) is 11.3 Å². The van der Waals surface area contributed by atoms with Crippen molar-refractivity contribution >= 4 is 50.3 Å². The number of hydrazone groups is 1. The van der Waals surface area contributed by atoms with Crippen LogP contribution in [0.25, 0.3) is 10.9 Å². The molecule has 0 fully saturated rings. The summed E-state index contributed by atoms with van der Waals surface area (Å²) in [5.74, 6) is -0.178. The average molecular weight is 377 g/mol. The van der Waals surface area contributed by atoms with Crippen molar-refractivity contribution in [1.29, 1.82) is 0 Å². The van der Waals surface area contributed by atoms with Gasteiger partial charge in [0.2, 0.25) is 5.91 Å². The summed E-state index contributed by atoms with van der Waals surface area (Å²) >= 11 is 4.98. The van der Waals surface area contributed by atoms with Crippen LogP contribution in [0.4, 0.5) is 0 Å². The molecule has 5 nitrogen and oxygen atoms in total. The number of nitrogens with one attached hydrogen (secondary N) is 2. The van der Waals surface area contributed by atoms with E-state index in [1.54, 1.807) is 6.21 Å². The van der Waals surface area contributed by atoms with Crippen LogP contribution in [0.1, 0.15) is 16.3 Å². The van der Waals surface area contributed by atoms with Crippen LogP contribution in [0.5, 0.6) is 0 Å². The van der Waals surface area contributed by atoms with E-state index < -0.39 is 0 Å². The summed E-state index contributed by atoms with van der Waals surface area (Å²) in [5, 5.41) is 7.90. The van der Waals surface area contributed by atoms with Gasteiger partial charge in [0.05, 0.1) is 23.3 Å². The van der Waals surface area contributed by atoms with Crippen molar-refractivity contribution in [2.45, 2.75) is 13.3 Å². The fourth-order valence-corrected chi connectivity index (χ4v) is 3.06. The van der Waals surface area contributed by atoms with E-state index in [0.717, 1.165) is 31.6 Å². The lowest BCUT2D eigenvalue weighted by molar-refractivity contribution is -0.120. The molecule has 1 aromatic carbocycles. The number of hydrogen-bond donors (Lipinski definition) is 2. The van der Waals surface area contributed by atoms with E-state index in [1.807, 2.05) is 36.7 Å². The van der Waals surface area contributed by atoms with Crippen LogP contribution in [0.2, 0.25) is 0 Å². The lowest BCUT2D eigenvalue weighted by Gasteiger charge is -1.97. The maximum atomic E-state index is 11.8. The fraction of sp³-hybridized carbons (Fsp3) is 0.133. The molecule has 2 N–H and O–H groups in total. The van der Waals surface area contributed by atoms with Crippen LogP contribution in [-0.4, -0.2) is 22.1 Å². The Labute approximate surface area is 139 Å². The van der Waals surface area contributed by atoms with Gasteiger partial charge in [0, 0.05) is 32.5 Å². The van der Waals surface area contributed by atoms with Gasteiger partial charge in [0.1, 0.15) is 0 Å². The number of aromatic amines is 1. The van der Waals surface area contributed by atoms with Crippen molar-refractivity contribution in [3.05, 3.63) is 50.5 Å². The largest absolute Gasteiger partial charge is 0.361 e. The van der Waals surface area contributed by atoms with Crippen LogP contribution in [0.15, 0.2) is 39.4 Å². The van der Waals surface area contributed by atoms with Crippen molar-refractivity contribution in [2.24, 2.45) is 5.10 Å². The van der Waals surface area contributed by atoms with E-state index in [4.69, 9.17) is 0 Å². The van der Waals surface area contributed by atoms with Gasteiger partial charge in [-0.05, 0) is 25.1 Å². The Bertz CT molecular complexity index is 852. The third-order valence-corrected chi connectivity index (χ3v) is 4.39. The number of amides is 1. The van der Waals surface area contributed by atoms with E-state index >= 15 is 0 Å². The predicted octanol–water partition coefficient (Wildman–Crippen LogP) is 3.39. The summed E-state index contributed by atoms with van der Waals surface area (Å²) in [5.41, 5.74) is 5.24. The van der Waals surface area contributed by atoms with E-state index in [1.165, 1.54) is 11.3 Å². The molecule has 3 aromatic rings. The first-order chi connectivity index (χ1) is 10.6. The topological polar surface area (TPSA) is 70.1 Å². The van der Waals surface area contributed by atoms with E-state index in [-0.39, 0.29) is 12.3 Å². The number of hydrogen-bond acceptors (Lipinski definition) is 4. The lowest BCUT2D eigenvalue weighted by Crippen LogP contribution is -2.19. The van der Waals surface area contributed by atoms with E-state index in [0.29, 0.717) is 0 Å². The maximum absolute atomic E-state index is 11.8.